The van der Waals surface area contributed by atoms with Crippen molar-refractivity contribution in [1.82, 2.24) is 4.98 Å². The van der Waals surface area contributed by atoms with E-state index in [4.69, 9.17) is 15.7 Å². The van der Waals surface area contributed by atoms with Crippen molar-refractivity contribution in [3.8, 4) is 6.07 Å². The summed E-state index contributed by atoms with van der Waals surface area (Å²) in [5.74, 6) is 0.800. The number of ether oxygens (including phenoxy) is 1. The zero-order chi connectivity index (χ0) is 13.5. The van der Waals surface area contributed by atoms with Gasteiger partial charge in [-0.25, -0.2) is 4.98 Å². The van der Waals surface area contributed by atoms with Crippen molar-refractivity contribution in [2.24, 2.45) is 0 Å². The van der Waals surface area contributed by atoms with E-state index in [0.29, 0.717) is 31.8 Å². The second-order valence-corrected chi connectivity index (χ2v) is 4.66. The fourth-order valence-electron chi connectivity index (χ4n) is 1.51. The minimum Gasteiger partial charge on any atom is -0.397 e. The van der Waals surface area contributed by atoms with Crippen molar-refractivity contribution in [2.45, 2.75) is 13.3 Å². The average molecular weight is 313 g/mol. The number of nitrogens with two attached hydrogens (primary N) is 1. The van der Waals surface area contributed by atoms with Crippen LogP contribution in [0.2, 0.25) is 0 Å². The second-order valence-electron chi connectivity index (χ2n) is 3.86. The molecule has 1 heterocycles. The Bertz CT molecular complexity index is 444. The minimum atomic E-state index is 0.446. The lowest BCUT2D eigenvalue weighted by atomic mass is 10.2. The maximum Gasteiger partial charge on any atom is 0.143 e. The number of nitrogens with zero attached hydrogens (tertiary/aromatic N) is 3. The molecular formula is C12H17BrN4O. The molecule has 0 bridgehead atoms. The lowest BCUT2D eigenvalue weighted by Crippen LogP contribution is -2.29. The van der Waals surface area contributed by atoms with Crippen LogP contribution in [0.15, 0.2) is 10.7 Å². The molecule has 0 saturated carbocycles. The number of halogens is 1. The molecule has 0 aromatic carbocycles. The third kappa shape index (κ3) is 3.59. The molecule has 0 amide bonds. The predicted octanol–water partition coefficient (Wildman–Crippen LogP) is 2.10. The number of methoxy groups -OCH3 is 1. The van der Waals surface area contributed by atoms with E-state index in [1.54, 1.807) is 13.3 Å². The van der Waals surface area contributed by atoms with E-state index in [9.17, 15) is 0 Å². The highest BCUT2D eigenvalue weighted by Gasteiger charge is 2.14. The molecule has 5 nitrogen and oxygen atoms in total. The number of nitrogen functional groups attached to an aromatic ring is 1. The van der Waals surface area contributed by atoms with Gasteiger partial charge in [-0.15, -0.1) is 0 Å². The van der Waals surface area contributed by atoms with Crippen LogP contribution in [-0.2, 0) is 4.74 Å². The van der Waals surface area contributed by atoms with Crippen molar-refractivity contribution in [1.29, 1.82) is 5.26 Å². The quantitative estimate of drug-likeness (QED) is 0.870. The van der Waals surface area contributed by atoms with E-state index in [1.165, 1.54) is 0 Å². The van der Waals surface area contributed by atoms with Gasteiger partial charge in [-0.2, -0.15) is 5.26 Å². The Hall–Kier alpha value is -1.32. The van der Waals surface area contributed by atoms with Crippen LogP contribution in [0.5, 0.6) is 0 Å². The fourth-order valence-corrected chi connectivity index (χ4v) is 2.09. The molecule has 0 aliphatic heterocycles. The molecule has 0 atom stereocenters. The molecule has 1 aromatic heterocycles. The first-order valence-electron chi connectivity index (χ1n) is 5.63. The Morgan fingerprint density at radius 2 is 2.28 bits per heavy atom. The minimum absolute atomic E-state index is 0.446. The van der Waals surface area contributed by atoms with Gasteiger partial charge in [-0.3, -0.25) is 0 Å². The van der Waals surface area contributed by atoms with Crippen LogP contribution < -0.4 is 10.6 Å². The van der Waals surface area contributed by atoms with E-state index >= 15 is 0 Å². The van der Waals surface area contributed by atoms with E-state index in [0.717, 1.165) is 15.9 Å². The lowest BCUT2D eigenvalue weighted by molar-refractivity contribution is 0.205. The van der Waals surface area contributed by atoms with Crippen LogP contribution in [0.1, 0.15) is 12.0 Å². The van der Waals surface area contributed by atoms with Gasteiger partial charge >= 0.3 is 0 Å². The molecule has 0 fully saturated rings. The topological polar surface area (TPSA) is 75.2 Å². The largest absolute Gasteiger partial charge is 0.397 e. The second kappa shape index (κ2) is 7.19. The van der Waals surface area contributed by atoms with Crippen molar-refractivity contribution >= 4 is 27.4 Å². The number of hydrogen-bond donors (Lipinski definition) is 1. The lowest BCUT2D eigenvalue weighted by Gasteiger charge is -2.24. The van der Waals surface area contributed by atoms with Crippen molar-refractivity contribution < 1.29 is 4.74 Å². The number of anilines is 2. The number of hydrogen-bond acceptors (Lipinski definition) is 5. The maximum atomic E-state index is 8.70. The summed E-state index contributed by atoms with van der Waals surface area (Å²) >= 11 is 3.51. The molecule has 2 N–H and O–H groups in total. The molecule has 0 unspecified atom stereocenters. The third-order valence-electron chi connectivity index (χ3n) is 2.64. The number of rotatable bonds is 6. The van der Waals surface area contributed by atoms with Gasteiger partial charge in [-0.1, -0.05) is 0 Å². The molecule has 6 heteroatoms. The zero-order valence-corrected chi connectivity index (χ0v) is 12.2. The Labute approximate surface area is 116 Å². The highest BCUT2D eigenvalue weighted by atomic mass is 79.9. The molecule has 98 valence electrons. The van der Waals surface area contributed by atoms with Gasteiger partial charge < -0.3 is 15.4 Å². The van der Waals surface area contributed by atoms with Gasteiger partial charge in [0, 0.05) is 20.2 Å². The molecule has 0 radical (unpaired) electrons. The third-order valence-corrected chi connectivity index (χ3v) is 3.59. The first kappa shape index (κ1) is 14.7. The number of pyridine rings is 1. The molecule has 0 spiro atoms. The highest BCUT2D eigenvalue weighted by molar-refractivity contribution is 9.10. The summed E-state index contributed by atoms with van der Waals surface area (Å²) in [5.41, 5.74) is 7.41. The fraction of sp³-hybridized carbons (Fsp3) is 0.500. The van der Waals surface area contributed by atoms with Crippen LogP contribution in [0.25, 0.3) is 0 Å². The van der Waals surface area contributed by atoms with Gasteiger partial charge in [0.05, 0.1) is 35.5 Å². The molecule has 0 aliphatic carbocycles. The van der Waals surface area contributed by atoms with Crippen LogP contribution in [0.3, 0.4) is 0 Å². The summed E-state index contributed by atoms with van der Waals surface area (Å²) in [4.78, 5) is 6.35. The molecule has 1 rings (SSSR count). The summed E-state index contributed by atoms with van der Waals surface area (Å²) in [6.07, 6.45) is 2.09. The zero-order valence-electron chi connectivity index (χ0n) is 10.6. The Kier molecular flexibility index (Phi) is 5.89. The first-order valence-corrected chi connectivity index (χ1v) is 6.42. The van der Waals surface area contributed by atoms with Gasteiger partial charge in [0.25, 0.3) is 0 Å². The molecule has 18 heavy (non-hydrogen) atoms. The van der Waals surface area contributed by atoms with E-state index in [1.807, 2.05) is 11.8 Å². The van der Waals surface area contributed by atoms with Crippen molar-refractivity contribution in [3.63, 3.8) is 0 Å². The molecule has 0 aliphatic rings. The monoisotopic (exact) mass is 312 g/mol. The summed E-state index contributed by atoms with van der Waals surface area (Å²) in [7, 11) is 1.65. The van der Waals surface area contributed by atoms with Crippen molar-refractivity contribution in [2.75, 3.05) is 37.4 Å². The van der Waals surface area contributed by atoms with Gasteiger partial charge in [0.2, 0.25) is 0 Å². The van der Waals surface area contributed by atoms with E-state index < -0.39 is 0 Å². The van der Waals surface area contributed by atoms with Gasteiger partial charge in [0.15, 0.2) is 0 Å². The van der Waals surface area contributed by atoms with Crippen LogP contribution >= 0.6 is 15.9 Å². The Morgan fingerprint density at radius 1 is 1.56 bits per heavy atom. The number of nitriles is 1. The number of aromatic nitrogens is 1. The van der Waals surface area contributed by atoms with Crippen LogP contribution in [0, 0.1) is 18.3 Å². The summed E-state index contributed by atoms with van der Waals surface area (Å²) < 4.78 is 5.95. The summed E-state index contributed by atoms with van der Waals surface area (Å²) in [6.45, 7) is 3.83. The SMILES string of the molecule is COCCN(CCC#N)c1ncc(N)c(C)c1Br. The van der Waals surface area contributed by atoms with E-state index in [2.05, 4.69) is 27.0 Å². The van der Waals surface area contributed by atoms with Crippen molar-refractivity contribution in [3.05, 3.63) is 16.2 Å². The van der Waals surface area contributed by atoms with Crippen LogP contribution in [-0.4, -0.2) is 31.8 Å². The Balaban J connectivity index is 2.97. The smallest absolute Gasteiger partial charge is 0.143 e. The van der Waals surface area contributed by atoms with Gasteiger partial charge in [-0.05, 0) is 28.4 Å². The van der Waals surface area contributed by atoms with Gasteiger partial charge in [0.1, 0.15) is 5.82 Å². The predicted molar refractivity (Wildman–Crippen MR) is 75.4 cm³/mol. The first-order chi connectivity index (χ1) is 8.61. The average Bonchev–Trinajstić information content (AvgIpc) is 2.37. The molecule has 0 saturated heterocycles. The Morgan fingerprint density at radius 3 is 2.89 bits per heavy atom. The van der Waals surface area contributed by atoms with Crippen LogP contribution in [0.4, 0.5) is 11.5 Å². The summed E-state index contributed by atoms with van der Waals surface area (Å²) in [6, 6.07) is 2.14. The molecule has 1 aromatic rings. The summed E-state index contributed by atoms with van der Waals surface area (Å²) in [5, 5.41) is 8.70. The van der Waals surface area contributed by atoms with E-state index in [-0.39, 0.29) is 0 Å². The normalized spacial score (nSPS) is 10.1. The maximum absolute atomic E-state index is 8.70. The highest BCUT2D eigenvalue weighted by Crippen LogP contribution is 2.30. The molecular weight excluding hydrogens is 296 g/mol. The standard InChI is InChI=1S/C12H17BrN4O/c1-9-10(15)8-16-12(11(9)13)17(5-3-4-14)6-7-18-2/h8H,3,5-7,15H2,1-2H3.